The lowest BCUT2D eigenvalue weighted by molar-refractivity contribution is -0.115. The molecule has 0 fully saturated rings. The van der Waals surface area contributed by atoms with Crippen LogP contribution < -0.4 is 5.32 Å². The lowest BCUT2D eigenvalue weighted by Gasteiger charge is -2.01. The van der Waals surface area contributed by atoms with Crippen LogP contribution in [0.25, 0.3) is 11.3 Å². The third-order valence-electron chi connectivity index (χ3n) is 2.76. The van der Waals surface area contributed by atoms with E-state index in [4.69, 9.17) is 4.42 Å². The first-order valence-electron chi connectivity index (χ1n) is 5.22. The summed E-state index contributed by atoms with van der Waals surface area (Å²) < 4.78 is 5.55. The molecule has 16 heavy (non-hydrogen) atoms. The second kappa shape index (κ2) is 3.23. The normalized spacial score (nSPS) is 13.7. The van der Waals surface area contributed by atoms with Gasteiger partial charge in [-0.15, -0.1) is 0 Å². The van der Waals surface area contributed by atoms with Gasteiger partial charge in [0.05, 0.1) is 6.42 Å². The van der Waals surface area contributed by atoms with Crippen molar-refractivity contribution in [2.75, 3.05) is 5.32 Å². The van der Waals surface area contributed by atoms with Gasteiger partial charge in [-0.05, 0) is 42.8 Å². The van der Waals surface area contributed by atoms with Gasteiger partial charge in [0, 0.05) is 11.3 Å². The van der Waals surface area contributed by atoms with Crippen molar-refractivity contribution < 1.29 is 9.21 Å². The Kier molecular flexibility index (Phi) is 1.86. The number of hydrogen-bond donors (Lipinski definition) is 1. The molecule has 0 spiro atoms. The van der Waals surface area contributed by atoms with Crippen LogP contribution in [0, 0.1) is 6.92 Å². The van der Waals surface area contributed by atoms with Gasteiger partial charge in [-0.25, -0.2) is 0 Å². The van der Waals surface area contributed by atoms with Gasteiger partial charge in [0.2, 0.25) is 5.91 Å². The van der Waals surface area contributed by atoms with Crippen LogP contribution in [0.1, 0.15) is 11.3 Å². The molecule has 80 valence electrons. The predicted molar refractivity (Wildman–Crippen MR) is 61.2 cm³/mol. The summed E-state index contributed by atoms with van der Waals surface area (Å²) in [4.78, 5) is 11.2. The highest BCUT2D eigenvalue weighted by Gasteiger charge is 2.18. The quantitative estimate of drug-likeness (QED) is 0.791. The van der Waals surface area contributed by atoms with Crippen LogP contribution >= 0.6 is 0 Å². The van der Waals surface area contributed by atoms with E-state index in [1.165, 1.54) is 0 Å². The summed E-state index contributed by atoms with van der Waals surface area (Å²) in [6, 6.07) is 9.77. The summed E-state index contributed by atoms with van der Waals surface area (Å²) in [5.74, 6) is 1.80. The van der Waals surface area contributed by atoms with Gasteiger partial charge in [0.25, 0.3) is 0 Å². The number of anilines is 1. The molecule has 3 rings (SSSR count). The highest BCUT2D eigenvalue weighted by Crippen LogP contribution is 2.29. The Morgan fingerprint density at radius 2 is 2.12 bits per heavy atom. The summed E-state index contributed by atoms with van der Waals surface area (Å²) in [5.41, 5.74) is 2.97. The topological polar surface area (TPSA) is 42.2 Å². The fourth-order valence-electron chi connectivity index (χ4n) is 1.97. The maximum atomic E-state index is 11.2. The van der Waals surface area contributed by atoms with Crippen molar-refractivity contribution in [1.82, 2.24) is 0 Å². The third-order valence-corrected chi connectivity index (χ3v) is 2.76. The van der Waals surface area contributed by atoms with E-state index in [1.54, 1.807) is 0 Å². The molecule has 0 saturated carbocycles. The number of fused-ring (bicyclic) bond motifs is 1. The van der Waals surface area contributed by atoms with Crippen molar-refractivity contribution in [3.8, 4) is 11.3 Å². The largest absolute Gasteiger partial charge is 0.461 e. The van der Waals surface area contributed by atoms with E-state index in [1.807, 2.05) is 37.3 Å². The first kappa shape index (κ1) is 9.21. The van der Waals surface area contributed by atoms with E-state index in [2.05, 4.69) is 5.32 Å². The van der Waals surface area contributed by atoms with Crippen LogP contribution in [0.5, 0.6) is 0 Å². The Hall–Kier alpha value is -2.03. The number of benzene rings is 1. The monoisotopic (exact) mass is 213 g/mol. The van der Waals surface area contributed by atoms with Crippen molar-refractivity contribution in [1.29, 1.82) is 0 Å². The highest BCUT2D eigenvalue weighted by atomic mass is 16.3. The SMILES string of the molecule is Cc1ccc(-c2ccc3c(c2)CC(=O)N3)o1. The lowest BCUT2D eigenvalue weighted by Crippen LogP contribution is -2.03. The fraction of sp³-hybridized carbons (Fsp3) is 0.154. The highest BCUT2D eigenvalue weighted by molar-refractivity contribution is 5.99. The predicted octanol–water partition coefficient (Wildman–Crippen LogP) is 2.75. The van der Waals surface area contributed by atoms with Crippen LogP contribution in [0.2, 0.25) is 0 Å². The maximum absolute atomic E-state index is 11.2. The molecule has 0 bridgehead atoms. The van der Waals surface area contributed by atoms with Gasteiger partial charge in [-0.2, -0.15) is 0 Å². The molecule has 0 radical (unpaired) electrons. The number of amides is 1. The molecule has 2 aromatic rings. The van der Waals surface area contributed by atoms with Crippen LogP contribution in [-0.2, 0) is 11.2 Å². The van der Waals surface area contributed by atoms with Crippen molar-refractivity contribution in [2.45, 2.75) is 13.3 Å². The fourth-order valence-corrected chi connectivity index (χ4v) is 1.97. The third kappa shape index (κ3) is 1.41. The van der Waals surface area contributed by atoms with E-state index in [0.29, 0.717) is 6.42 Å². The number of aryl methyl sites for hydroxylation is 1. The summed E-state index contributed by atoms with van der Waals surface area (Å²) in [6.45, 7) is 1.92. The summed E-state index contributed by atoms with van der Waals surface area (Å²) in [5, 5.41) is 2.81. The molecule has 1 aromatic heterocycles. The Labute approximate surface area is 93.1 Å². The minimum atomic E-state index is 0.0581. The van der Waals surface area contributed by atoms with Crippen molar-refractivity contribution in [2.24, 2.45) is 0 Å². The van der Waals surface area contributed by atoms with Crippen molar-refractivity contribution >= 4 is 11.6 Å². The van der Waals surface area contributed by atoms with Crippen LogP contribution in [0.3, 0.4) is 0 Å². The zero-order valence-electron chi connectivity index (χ0n) is 8.91. The molecule has 3 heteroatoms. The molecule has 0 unspecified atom stereocenters. The molecule has 1 amide bonds. The van der Waals surface area contributed by atoms with Gasteiger partial charge < -0.3 is 9.73 Å². The Balaban J connectivity index is 2.05. The second-order valence-corrected chi connectivity index (χ2v) is 4.01. The zero-order valence-corrected chi connectivity index (χ0v) is 8.91. The molecule has 0 atom stereocenters. The van der Waals surface area contributed by atoms with Gasteiger partial charge >= 0.3 is 0 Å². The van der Waals surface area contributed by atoms with Crippen LogP contribution in [0.15, 0.2) is 34.7 Å². The van der Waals surface area contributed by atoms with Crippen molar-refractivity contribution in [3.63, 3.8) is 0 Å². The van der Waals surface area contributed by atoms with E-state index in [9.17, 15) is 4.79 Å². The lowest BCUT2D eigenvalue weighted by atomic mass is 10.1. The molecule has 3 nitrogen and oxygen atoms in total. The smallest absolute Gasteiger partial charge is 0.228 e. The summed E-state index contributed by atoms with van der Waals surface area (Å²) in [7, 11) is 0. The first-order valence-corrected chi connectivity index (χ1v) is 5.22. The minimum absolute atomic E-state index is 0.0581. The molecule has 1 aromatic carbocycles. The summed E-state index contributed by atoms with van der Waals surface area (Å²) in [6.07, 6.45) is 0.461. The van der Waals surface area contributed by atoms with Gasteiger partial charge in [-0.3, -0.25) is 4.79 Å². The standard InChI is InChI=1S/C13H11NO2/c1-8-2-5-12(16-8)9-3-4-11-10(6-9)7-13(15)14-11/h2-6H,7H2,1H3,(H,14,15). The maximum Gasteiger partial charge on any atom is 0.228 e. The molecule has 1 aliphatic heterocycles. The molecule has 1 N–H and O–H groups in total. The second-order valence-electron chi connectivity index (χ2n) is 4.01. The Bertz CT molecular complexity index is 569. The number of carbonyl (C=O) groups is 1. The van der Waals surface area contributed by atoms with Gasteiger partial charge in [0.15, 0.2) is 0 Å². The minimum Gasteiger partial charge on any atom is -0.461 e. The number of rotatable bonds is 1. The van der Waals surface area contributed by atoms with E-state index < -0.39 is 0 Å². The Morgan fingerprint density at radius 1 is 1.25 bits per heavy atom. The van der Waals surface area contributed by atoms with E-state index in [-0.39, 0.29) is 5.91 Å². The van der Waals surface area contributed by atoms with Crippen molar-refractivity contribution in [3.05, 3.63) is 41.7 Å². The molecule has 2 heterocycles. The summed E-state index contributed by atoms with van der Waals surface area (Å²) >= 11 is 0. The Morgan fingerprint density at radius 3 is 2.88 bits per heavy atom. The first-order chi connectivity index (χ1) is 7.72. The zero-order chi connectivity index (χ0) is 11.1. The van der Waals surface area contributed by atoms with Crippen LogP contribution in [0.4, 0.5) is 5.69 Å². The number of hydrogen-bond acceptors (Lipinski definition) is 2. The molecule has 0 saturated heterocycles. The number of carbonyl (C=O) groups excluding carboxylic acids is 1. The van der Waals surface area contributed by atoms with Crippen LogP contribution in [-0.4, -0.2) is 5.91 Å². The van der Waals surface area contributed by atoms with E-state index in [0.717, 1.165) is 28.3 Å². The number of furan rings is 1. The van der Waals surface area contributed by atoms with E-state index >= 15 is 0 Å². The number of nitrogens with one attached hydrogen (secondary N) is 1. The van der Waals surface area contributed by atoms with Gasteiger partial charge in [-0.1, -0.05) is 0 Å². The molecule has 1 aliphatic rings. The molecular weight excluding hydrogens is 202 g/mol. The average molecular weight is 213 g/mol. The average Bonchev–Trinajstić information content (AvgIpc) is 2.81. The molecule has 0 aliphatic carbocycles. The molecular formula is C13H11NO2. The van der Waals surface area contributed by atoms with Gasteiger partial charge in [0.1, 0.15) is 11.5 Å².